The van der Waals surface area contributed by atoms with Gasteiger partial charge < -0.3 is 14.4 Å². The molecular weight excluding hydrogens is 316 g/mol. The van der Waals surface area contributed by atoms with E-state index in [1.54, 1.807) is 18.1 Å². The SMILES string of the molecule is Cc1cccc2nc(C(=O)N(C)[C@@H]3CC[C@@H](N4CCCC4)[C@@H]3O)cn12. The van der Waals surface area contributed by atoms with Crippen LogP contribution in [0.1, 0.15) is 41.9 Å². The second-order valence-corrected chi connectivity index (χ2v) is 7.38. The van der Waals surface area contributed by atoms with Crippen LogP contribution in [0.2, 0.25) is 0 Å². The Morgan fingerprint density at radius 1 is 1.28 bits per heavy atom. The van der Waals surface area contributed by atoms with Crippen LogP contribution in [0.25, 0.3) is 5.65 Å². The van der Waals surface area contributed by atoms with Crippen molar-refractivity contribution in [3.05, 3.63) is 35.8 Å². The van der Waals surface area contributed by atoms with Crippen molar-refractivity contribution in [3.8, 4) is 0 Å². The first kappa shape index (κ1) is 16.5. The number of amides is 1. The largest absolute Gasteiger partial charge is 0.389 e. The highest BCUT2D eigenvalue weighted by Gasteiger charge is 2.42. The molecule has 0 bridgehead atoms. The minimum absolute atomic E-state index is 0.116. The van der Waals surface area contributed by atoms with Gasteiger partial charge in [-0.1, -0.05) is 6.07 Å². The summed E-state index contributed by atoms with van der Waals surface area (Å²) >= 11 is 0. The molecule has 3 atom stereocenters. The molecule has 0 aromatic carbocycles. The van der Waals surface area contributed by atoms with Crippen molar-refractivity contribution in [3.63, 3.8) is 0 Å². The molecular formula is C19H26N4O2. The third kappa shape index (κ3) is 2.83. The Kier molecular flexibility index (Phi) is 4.25. The number of imidazole rings is 1. The van der Waals surface area contributed by atoms with Gasteiger partial charge in [-0.05, 0) is 57.8 Å². The number of aliphatic hydroxyl groups excluding tert-OH is 1. The van der Waals surface area contributed by atoms with Gasteiger partial charge in [-0.2, -0.15) is 0 Å². The van der Waals surface area contributed by atoms with Gasteiger partial charge in [-0.3, -0.25) is 9.69 Å². The van der Waals surface area contributed by atoms with Gasteiger partial charge in [0.15, 0.2) is 0 Å². The van der Waals surface area contributed by atoms with E-state index >= 15 is 0 Å². The molecule has 4 rings (SSSR count). The van der Waals surface area contributed by atoms with E-state index in [0.717, 1.165) is 37.3 Å². The summed E-state index contributed by atoms with van der Waals surface area (Å²) in [6.07, 6.45) is 5.53. The van der Waals surface area contributed by atoms with E-state index in [2.05, 4.69) is 9.88 Å². The Morgan fingerprint density at radius 3 is 2.76 bits per heavy atom. The van der Waals surface area contributed by atoms with E-state index in [9.17, 15) is 9.90 Å². The molecule has 1 aliphatic carbocycles. The number of likely N-dealkylation sites (tertiary alicyclic amines) is 1. The molecule has 2 aromatic heterocycles. The number of hydrogen-bond acceptors (Lipinski definition) is 4. The van der Waals surface area contributed by atoms with Crippen LogP contribution in [0.15, 0.2) is 24.4 Å². The van der Waals surface area contributed by atoms with Crippen LogP contribution in [0.3, 0.4) is 0 Å². The van der Waals surface area contributed by atoms with Crippen LogP contribution in [-0.2, 0) is 0 Å². The van der Waals surface area contributed by atoms with Crippen molar-refractivity contribution in [1.29, 1.82) is 0 Å². The summed E-state index contributed by atoms with van der Waals surface area (Å²) in [5, 5.41) is 10.8. The summed E-state index contributed by atoms with van der Waals surface area (Å²) in [4.78, 5) is 21.5. The summed E-state index contributed by atoms with van der Waals surface area (Å²) in [6.45, 7) is 4.13. The minimum atomic E-state index is -0.481. The lowest BCUT2D eigenvalue weighted by Crippen LogP contribution is -2.48. The molecule has 6 nitrogen and oxygen atoms in total. The molecule has 3 heterocycles. The van der Waals surface area contributed by atoms with Gasteiger partial charge in [0.1, 0.15) is 11.3 Å². The molecule has 0 spiro atoms. The third-order valence-corrected chi connectivity index (χ3v) is 5.89. The maximum absolute atomic E-state index is 12.9. The van der Waals surface area contributed by atoms with Gasteiger partial charge in [0.25, 0.3) is 5.91 Å². The molecule has 1 saturated heterocycles. The predicted molar refractivity (Wildman–Crippen MR) is 95.6 cm³/mol. The number of nitrogens with zero attached hydrogens (tertiary/aromatic N) is 4. The highest BCUT2D eigenvalue weighted by atomic mass is 16.3. The molecule has 6 heteroatoms. The van der Waals surface area contributed by atoms with E-state index < -0.39 is 6.10 Å². The highest BCUT2D eigenvalue weighted by Crippen LogP contribution is 2.30. The van der Waals surface area contributed by atoms with Crippen molar-refractivity contribution >= 4 is 11.6 Å². The molecule has 1 saturated carbocycles. The van der Waals surface area contributed by atoms with Crippen molar-refractivity contribution in [2.45, 2.75) is 50.8 Å². The Hall–Kier alpha value is -1.92. The number of carbonyl (C=O) groups is 1. The van der Waals surface area contributed by atoms with Gasteiger partial charge in [0, 0.05) is 25.0 Å². The van der Waals surface area contributed by atoms with E-state index in [4.69, 9.17) is 0 Å². The van der Waals surface area contributed by atoms with Gasteiger partial charge in [-0.25, -0.2) is 4.98 Å². The zero-order valence-corrected chi connectivity index (χ0v) is 14.9. The number of aliphatic hydroxyl groups is 1. The normalized spacial score (nSPS) is 27.2. The van der Waals surface area contributed by atoms with Gasteiger partial charge in [0.05, 0.1) is 12.1 Å². The quantitative estimate of drug-likeness (QED) is 0.922. The summed E-state index contributed by atoms with van der Waals surface area (Å²) in [6, 6.07) is 5.89. The molecule has 1 amide bonds. The Labute approximate surface area is 148 Å². The fourth-order valence-electron chi connectivity index (χ4n) is 4.42. The van der Waals surface area contributed by atoms with E-state index in [0.29, 0.717) is 5.69 Å². The zero-order valence-electron chi connectivity index (χ0n) is 14.9. The molecule has 1 aliphatic heterocycles. The van der Waals surface area contributed by atoms with Crippen LogP contribution in [0, 0.1) is 6.92 Å². The monoisotopic (exact) mass is 342 g/mol. The molecule has 25 heavy (non-hydrogen) atoms. The molecule has 2 aromatic rings. The predicted octanol–water partition coefficient (Wildman–Crippen LogP) is 1.70. The van der Waals surface area contributed by atoms with Crippen LogP contribution >= 0.6 is 0 Å². The first-order valence-electron chi connectivity index (χ1n) is 9.20. The molecule has 1 N–H and O–H groups in total. The first-order valence-corrected chi connectivity index (χ1v) is 9.20. The molecule has 0 unspecified atom stereocenters. The topological polar surface area (TPSA) is 61.1 Å². The Bertz CT molecular complexity index is 781. The molecule has 2 aliphatic rings. The molecule has 0 radical (unpaired) electrons. The second-order valence-electron chi connectivity index (χ2n) is 7.38. The average Bonchev–Trinajstić information content (AvgIpc) is 3.32. The molecule has 2 fully saturated rings. The number of carbonyl (C=O) groups excluding carboxylic acids is 1. The van der Waals surface area contributed by atoms with Crippen molar-refractivity contribution in [2.24, 2.45) is 0 Å². The second kappa shape index (κ2) is 6.42. The minimum Gasteiger partial charge on any atom is -0.389 e. The van der Waals surface area contributed by atoms with Gasteiger partial charge >= 0.3 is 0 Å². The fraction of sp³-hybridized carbons (Fsp3) is 0.579. The molecule has 134 valence electrons. The standard InChI is InChI=1S/C19H26N4O2/c1-13-6-5-7-17-20-14(12-23(13)17)19(25)21(2)15-8-9-16(18(15)24)22-10-3-4-11-22/h5-7,12,15-16,18,24H,3-4,8-11H2,1-2H3/t15-,16-,18-/m1/s1. The third-order valence-electron chi connectivity index (χ3n) is 5.89. The van der Waals surface area contributed by atoms with Crippen molar-refractivity contribution in [2.75, 3.05) is 20.1 Å². The van der Waals surface area contributed by atoms with E-state index in [1.165, 1.54) is 12.8 Å². The van der Waals surface area contributed by atoms with Crippen LogP contribution < -0.4 is 0 Å². The van der Waals surface area contributed by atoms with Crippen LogP contribution in [0.4, 0.5) is 0 Å². The maximum Gasteiger partial charge on any atom is 0.274 e. The lowest BCUT2D eigenvalue weighted by molar-refractivity contribution is 0.0293. The maximum atomic E-state index is 12.9. The van der Waals surface area contributed by atoms with Crippen molar-refractivity contribution < 1.29 is 9.90 Å². The number of likely N-dealkylation sites (N-methyl/N-ethyl adjacent to an activating group) is 1. The van der Waals surface area contributed by atoms with E-state index in [1.807, 2.05) is 29.5 Å². The van der Waals surface area contributed by atoms with Gasteiger partial charge in [-0.15, -0.1) is 0 Å². The Morgan fingerprint density at radius 2 is 2.04 bits per heavy atom. The van der Waals surface area contributed by atoms with E-state index in [-0.39, 0.29) is 18.0 Å². The Balaban J connectivity index is 1.52. The lowest BCUT2D eigenvalue weighted by Gasteiger charge is -2.31. The summed E-state index contributed by atoms with van der Waals surface area (Å²) in [5.41, 5.74) is 2.26. The summed E-state index contributed by atoms with van der Waals surface area (Å²) < 4.78 is 1.93. The number of rotatable bonds is 3. The van der Waals surface area contributed by atoms with Gasteiger partial charge in [0.2, 0.25) is 0 Å². The zero-order chi connectivity index (χ0) is 17.6. The lowest BCUT2D eigenvalue weighted by atomic mass is 10.1. The number of pyridine rings is 1. The van der Waals surface area contributed by atoms with Crippen molar-refractivity contribution in [1.82, 2.24) is 19.2 Å². The fourth-order valence-corrected chi connectivity index (χ4v) is 4.42. The first-order chi connectivity index (χ1) is 12.1. The highest BCUT2D eigenvalue weighted by molar-refractivity contribution is 5.93. The number of fused-ring (bicyclic) bond motifs is 1. The van der Waals surface area contributed by atoms with Crippen LogP contribution in [0.5, 0.6) is 0 Å². The summed E-state index contributed by atoms with van der Waals surface area (Å²) in [5.74, 6) is -0.116. The summed E-state index contributed by atoms with van der Waals surface area (Å²) in [7, 11) is 1.79. The number of aryl methyl sites for hydroxylation is 1. The smallest absolute Gasteiger partial charge is 0.274 e. The average molecular weight is 342 g/mol. The number of hydrogen-bond donors (Lipinski definition) is 1. The van der Waals surface area contributed by atoms with Crippen LogP contribution in [-0.4, -0.2) is 68.5 Å². The number of aromatic nitrogens is 2.